The summed E-state index contributed by atoms with van der Waals surface area (Å²) in [4.78, 5) is 19.9. The van der Waals surface area contributed by atoms with Gasteiger partial charge in [0.05, 0.1) is 5.60 Å². The Bertz CT molecular complexity index is 736. The van der Waals surface area contributed by atoms with Gasteiger partial charge in [-0.2, -0.15) is 9.97 Å². The maximum Gasteiger partial charge on any atom is 0.354 e. The average molecular weight is 342 g/mol. The van der Waals surface area contributed by atoms with Crippen molar-refractivity contribution in [3.05, 3.63) is 16.3 Å². The van der Waals surface area contributed by atoms with Gasteiger partial charge in [0, 0.05) is 0 Å². The minimum atomic E-state index is -1.97. The molecule has 2 rings (SSSR count). The van der Waals surface area contributed by atoms with Crippen molar-refractivity contribution >= 4 is 5.95 Å². The quantitative estimate of drug-likeness (QED) is 0.550. The molecule has 0 radical (unpaired) electrons. The van der Waals surface area contributed by atoms with E-state index in [1.54, 1.807) is 0 Å². The third-order valence-corrected chi connectivity index (χ3v) is 5.78. The number of ether oxygens (including phenoxy) is 1. The number of nitrogens with zero attached hydrogens (tertiary/aromatic N) is 3. The highest BCUT2D eigenvalue weighted by Crippen LogP contribution is 2.57. The lowest BCUT2D eigenvalue weighted by atomic mass is 9.67. The van der Waals surface area contributed by atoms with Gasteiger partial charge in [0.2, 0.25) is 5.95 Å². The molecular formula is C15H26N4O5. The van der Waals surface area contributed by atoms with Gasteiger partial charge >= 0.3 is 5.69 Å². The van der Waals surface area contributed by atoms with Crippen molar-refractivity contribution < 1.29 is 20.1 Å². The van der Waals surface area contributed by atoms with Crippen molar-refractivity contribution in [2.75, 3.05) is 5.73 Å². The molecular weight excluding hydrogens is 316 g/mol. The molecule has 2 unspecified atom stereocenters. The fraction of sp³-hybridized carbons (Fsp3) is 0.800. The summed E-state index contributed by atoms with van der Waals surface area (Å²) < 4.78 is 7.05. The molecule has 1 aliphatic rings. The number of hydrogen-bond acceptors (Lipinski definition) is 8. The van der Waals surface area contributed by atoms with Crippen molar-refractivity contribution in [1.82, 2.24) is 14.5 Å². The van der Waals surface area contributed by atoms with E-state index in [4.69, 9.17) is 10.5 Å². The van der Waals surface area contributed by atoms with Crippen LogP contribution in [-0.2, 0) is 10.5 Å². The fourth-order valence-electron chi connectivity index (χ4n) is 3.51. The predicted octanol–water partition coefficient (Wildman–Crippen LogP) is -0.737. The predicted molar refractivity (Wildman–Crippen MR) is 86.1 cm³/mol. The summed E-state index contributed by atoms with van der Waals surface area (Å²) in [6.07, 6.45) is 0. The lowest BCUT2D eigenvalue weighted by molar-refractivity contribution is -0.238. The number of anilines is 1. The lowest BCUT2D eigenvalue weighted by Gasteiger charge is -2.46. The number of hydrogen-bond donors (Lipinski definition) is 4. The van der Waals surface area contributed by atoms with E-state index in [9.17, 15) is 20.1 Å². The van der Waals surface area contributed by atoms with Crippen LogP contribution in [0.25, 0.3) is 0 Å². The molecule has 5 N–H and O–H groups in total. The van der Waals surface area contributed by atoms with Crippen LogP contribution in [0.5, 0.6) is 0 Å². The molecule has 1 aromatic rings. The molecule has 0 spiro atoms. The summed E-state index contributed by atoms with van der Waals surface area (Å²) in [5.74, 6) is -0.0435. The molecule has 0 bridgehead atoms. The summed E-state index contributed by atoms with van der Waals surface area (Å²) in [5, 5.41) is 32.8. The van der Waals surface area contributed by atoms with Gasteiger partial charge in [-0.3, -0.25) is 0 Å². The molecule has 0 aliphatic carbocycles. The SMILES string of the molecule is Cc1nc(N)nc(=O)n1[C@]1(C)O[C@](C)(C(C)(C)O)C(C)(O)C1(C)O. The van der Waals surface area contributed by atoms with Crippen LogP contribution in [0.15, 0.2) is 4.79 Å². The molecule has 136 valence electrons. The van der Waals surface area contributed by atoms with E-state index in [0.29, 0.717) is 0 Å². The van der Waals surface area contributed by atoms with Gasteiger partial charge in [0.25, 0.3) is 0 Å². The molecule has 9 nitrogen and oxygen atoms in total. The third kappa shape index (κ3) is 1.98. The molecule has 9 heteroatoms. The van der Waals surface area contributed by atoms with Crippen molar-refractivity contribution in [1.29, 1.82) is 0 Å². The van der Waals surface area contributed by atoms with Crippen molar-refractivity contribution in [3.63, 3.8) is 0 Å². The minimum absolute atomic E-state index is 0.158. The Balaban J connectivity index is 2.83. The van der Waals surface area contributed by atoms with E-state index in [1.807, 2.05) is 0 Å². The van der Waals surface area contributed by atoms with Crippen LogP contribution in [0.1, 0.15) is 47.4 Å². The first-order chi connectivity index (χ1) is 10.5. The average Bonchev–Trinajstić information content (AvgIpc) is 2.44. The Morgan fingerprint density at radius 2 is 1.62 bits per heavy atom. The normalized spacial score (nSPS) is 40.1. The van der Waals surface area contributed by atoms with Crippen molar-refractivity contribution in [2.45, 2.75) is 76.6 Å². The fourth-order valence-corrected chi connectivity index (χ4v) is 3.51. The van der Waals surface area contributed by atoms with Gasteiger partial charge in [-0.15, -0.1) is 0 Å². The van der Waals surface area contributed by atoms with Gasteiger partial charge in [-0.25, -0.2) is 9.36 Å². The standard InChI is InChI=1S/C15H26N4O5/c1-8-17-9(16)18-10(20)19(8)15(7)13(5,23)12(4,22)14(6,24-15)11(2,3)21/h21-23H,1-7H3,(H2,16,18,20)/t12?,13?,14-,15-/m1/s1. The minimum Gasteiger partial charge on any atom is -0.387 e. The molecule has 24 heavy (non-hydrogen) atoms. The van der Waals surface area contributed by atoms with Crippen LogP contribution in [0.3, 0.4) is 0 Å². The van der Waals surface area contributed by atoms with E-state index < -0.39 is 33.8 Å². The van der Waals surface area contributed by atoms with Crippen LogP contribution in [0, 0.1) is 6.92 Å². The first-order valence-electron chi connectivity index (χ1n) is 7.64. The van der Waals surface area contributed by atoms with Gasteiger partial charge in [-0.05, 0) is 48.5 Å². The highest BCUT2D eigenvalue weighted by molar-refractivity contribution is 5.24. The zero-order valence-corrected chi connectivity index (χ0v) is 15.1. The Morgan fingerprint density at radius 1 is 1.12 bits per heavy atom. The van der Waals surface area contributed by atoms with Crippen LogP contribution < -0.4 is 11.4 Å². The first-order valence-corrected chi connectivity index (χ1v) is 7.64. The Hall–Kier alpha value is -1.55. The van der Waals surface area contributed by atoms with Gasteiger partial charge < -0.3 is 25.8 Å². The molecule has 4 atom stereocenters. The number of nitrogen functional groups attached to an aromatic ring is 1. The van der Waals surface area contributed by atoms with Crippen molar-refractivity contribution in [2.24, 2.45) is 0 Å². The number of rotatable bonds is 2. The van der Waals surface area contributed by atoms with E-state index in [1.165, 1.54) is 48.5 Å². The van der Waals surface area contributed by atoms with E-state index >= 15 is 0 Å². The summed E-state index contributed by atoms with van der Waals surface area (Å²) in [5.41, 5.74) is -4.07. The number of nitrogens with two attached hydrogens (primary N) is 1. The topological polar surface area (TPSA) is 144 Å². The Labute approximate surface area is 140 Å². The highest BCUT2D eigenvalue weighted by Gasteiger charge is 2.76. The number of aliphatic hydroxyl groups is 3. The summed E-state index contributed by atoms with van der Waals surface area (Å²) >= 11 is 0. The smallest absolute Gasteiger partial charge is 0.354 e. The lowest BCUT2D eigenvalue weighted by Crippen LogP contribution is -2.67. The summed E-state index contributed by atoms with van der Waals surface area (Å²) in [6.45, 7) is 10.0. The van der Waals surface area contributed by atoms with Crippen LogP contribution in [0.4, 0.5) is 5.95 Å². The van der Waals surface area contributed by atoms with Gasteiger partial charge in [0.1, 0.15) is 22.6 Å². The molecule has 0 amide bonds. The van der Waals surface area contributed by atoms with E-state index in [0.717, 1.165) is 4.57 Å². The molecule has 1 aliphatic heterocycles. The van der Waals surface area contributed by atoms with Crippen LogP contribution in [-0.4, -0.2) is 52.3 Å². The second kappa shape index (κ2) is 4.75. The van der Waals surface area contributed by atoms with Gasteiger partial charge in [-0.1, -0.05) is 0 Å². The Morgan fingerprint density at radius 3 is 2.00 bits per heavy atom. The maximum absolute atomic E-state index is 12.4. The molecule has 0 aromatic carbocycles. The van der Waals surface area contributed by atoms with E-state index in [-0.39, 0.29) is 11.8 Å². The number of aryl methyl sites for hydroxylation is 1. The van der Waals surface area contributed by atoms with E-state index in [2.05, 4.69) is 9.97 Å². The molecule has 1 saturated heterocycles. The van der Waals surface area contributed by atoms with Crippen LogP contribution >= 0.6 is 0 Å². The zero-order chi connectivity index (χ0) is 18.9. The second-order valence-corrected chi connectivity index (χ2v) is 7.57. The molecule has 0 saturated carbocycles. The molecule has 1 aromatic heterocycles. The monoisotopic (exact) mass is 342 g/mol. The summed E-state index contributed by atoms with van der Waals surface area (Å²) in [6, 6.07) is 0. The summed E-state index contributed by atoms with van der Waals surface area (Å²) in [7, 11) is 0. The number of aromatic nitrogens is 3. The van der Waals surface area contributed by atoms with Crippen LogP contribution in [0.2, 0.25) is 0 Å². The van der Waals surface area contributed by atoms with Gasteiger partial charge in [0.15, 0.2) is 5.72 Å². The third-order valence-electron chi connectivity index (χ3n) is 5.78. The second-order valence-electron chi connectivity index (χ2n) is 7.57. The Kier molecular flexibility index (Phi) is 3.72. The maximum atomic E-state index is 12.4. The zero-order valence-electron chi connectivity index (χ0n) is 15.1. The first kappa shape index (κ1) is 18.8. The highest BCUT2D eigenvalue weighted by atomic mass is 16.6. The largest absolute Gasteiger partial charge is 0.387 e. The molecule has 2 heterocycles. The molecule has 1 fully saturated rings. The van der Waals surface area contributed by atoms with Crippen molar-refractivity contribution in [3.8, 4) is 0 Å².